The van der Waals surface area contributed by atoms with Crippen molar-refractivity contribution < 1.29 is 23.5 Å². The molecule has 2 aliphatic heterocycles. The SMILES string of the molecule is CN(CC(=O)Nc1ccc(N2CCOCC2)cc1)C(=O)C1CCN(C(=O)c2ccoc2)CC1. The Kier molecular flexibility index (Phi) is 7.29. The molecule has 0 aliphatic carbocycles. The highest BCUT2D eigenvalue weighted by Crippen LogP contribution is 2.22. The van der Waals surface area contributed by atoms with E-state index in [0.29, 0.717) is 37.2 Å². The topological polar surface area (TPSA) is 95.3 Å². The number of piperidine rings is 1. The first-order chi connectivity index (χ1) is 16.0. The minimum atomic E-state index is -0.238. The predicted octanol–water partition coefficient (Wildman–Crippen LogP) is 2.07. The summed E-state index contributed by atoms with van der Waals surface area (Å²) in [5.41, 5.74) is 2.32. The van der Waals surface area contributed by atoms with E-state index in [0.717, 1.165) is 32.0 Å². The molecule has 0 unspecified atom stereocenters. The molecular formula is C24H30N4O5. The lowest BCUT2D eigenvalue weighted by atomic mass is 9.95. The number of benzene rings is 1. The molecule has 1 aromatic heterocycles. The van der Waals surface area contributed by atoms with E-state index in [-0.39, 0.29) is 30.2 Å². The van der Waals surface area contributed by atoms with Crippen molar-refractivity contribution in [1.29, 1.82) is 0 Å². The van der Waals surface area contributed by atoms with Crippen molar-refractivity contribution in [2.75, 3.05) is 63.2 Å². The molecule has 0 spiro atoms. The van der Waals surface area contributed by atoms with Crippen molar-refractivity contribution in [3.05, 3.63) is 48.4 Å². The van der Waals surface area contributed by atoms with Crippen LogP contribution >= 0.6 is 0 Å². The van der Waals surface area contributed by atoms with Crippen LogP contribution in [-0.2, 0) is 14.3 Å². The molecule has 3 amide bonds. The average Bonchev–Trinajstić information content (AvgIpc) is 3.39. The van der Waals surface area contributed by atoms with Crippen molar-refractivity contribution in [2.45, 2.75) is 12.8 Å². The zero-order chi connectivity index (χ0) is 23.2. The molecule has 1 aromatic carbocycles. The van der Waals surface area contributed by atoms with Crippen LogP contribution in [0.3, 0.4) is 0 Å². The fraction of sp³-hybridized carbons (Fsp3) is 0.458. The number of carbonyl (C=O) groups is 3. The Balaban J connectivity index is 1.22. The maximum atomic E-state index is 12.8. The van der Waals surface area contributed by atoms with E-state index in [4.69, 9.17) is 9.15 Å². The summed E-state index contributed by atoms with van der Waals surface area (Å²) in [6.45, 7) is 4.16. The lowest BCUT2D eigenvalue weighted by molar-refractivity contribution is -0.138. The van der Waals surface area contributed by atoms with Gasteiger partial charge in [-0.2, -0.15) is 0 Å². The summed E-state index contributed by atoms with van der Waals surface area (Å²) in [5, 5.41) is 2.86. The number of amides is 3. The van der Waals surface area contributed by atoms with Gasteiger partial charge < -0.3 is 29.2 Å². The van der Waals surface area contributed by atoms with E-state index < -0.39 is 0 Å². The third-order valence-electron chi connectivity index (χ3n) is 6.18. The highest BCUT2D eigenvalue weighted by atomic mass is 16.5. The number of nitrogens with zero attached hydrogens (tertiary/aromatic N) is 3. The van der Waals surface area contributed by atoms with Gasteiger partial charge in [-0.3, -0.25) is 14.4 Å². The van der Waals surface area contributed by atoms with Crippen molar-refractivity contribution >= 4 is 29.1 Å². The lowest BCUT2D eigenvalue weighted by Gasteiger charge is -2.33. The first-order valence-corrected chi connectivity index (χ1v) is 11.3. The number of carbonyl (C=O) groups excluding carboxylic acids is 3. The maximum absolute atomic E-state index is 12.8. The number of ether oxygens (including phenoxy) is 1. The van der Waals surface area contributed by atoms with Crippen LogP contribution in [-0.4, -0.2) is 80.5 Å². The minimum absolute atomic E-state index is 0.0157. The van der Waals surface area contributed by atoms with E-state index in [2.05, 4.69) is 10.2 Å². The summed E-state index contributed by atoms with van der Waals surface area (Å²) in [5.74, 6) is -0.577. The van der Waals surface area contributed by atoms with E-state index in [1.165, 1.54) is 17.4 Å². The van der Waals surface area contributed by atoms with Crippen LogP contribution in [0.15, 0.2) is 47.3 Å². The van der Waals surface area contributed by atoms with E-state index >= 15 is 0 Å². The number of nitrogens with one attached hydrogen (secondary N) is 1. The molecule has 3 heterocycles. The summed E-state index contributed by atoms with van der Waals surface area (Å²) in [6.07, 6.45) is 4.07. The standard InChI is InChI=1S/C24H30N4O5/c1-26(23(30)18-6-9-28(10-7-18)24(31)19-8-13-33-17-19)16-22(29)25-20-2-4-21(5-3-20)27-11-14-32-15-12-27/h2-5,8,13,17-18H,6-7,9-12,14-16H2,1H3,(H,25,29). The molecule has 2 aliphatic rings. The third-order valence-corrected chi connectivity index (χ3v) is 6.18. The first-order valence-electron chi connectivity index (χ1n) is 11.3. The van der Waals surface area contributed by atoms with Crippen LogP contribution in [0, 0.1) is 5.92 Å². The molecule has 4 rings (SSSR count). The van der Waals surface area contributed by atoms with Crippen LogP contribution in [0.4, 0.5) is 11.4 Å². The normalized spacial score (nSPS) is 17.0. The molecular weight excluding hydrogens is 424 g/mol. The molecule has 0 radical (unpaired) electrons. The molecule has 33 heavy (non-hydrogen) atoms. The van der Waals surface area contributed by atoms with Crippen LogP contribution in [0.5, 0.6) is 0 Å². The second-order valence-electron chi connectivity index (χ2n) is 8.47. The maximum Gasteiger partial charge on any atom is 0.257 e. The zero-order valence-electron chi connectivity index (χ0n) is 18.9. The fourth-order valence-electron chi connectivity index (χ4n) is 4.28. The number of rotatable bonds is 6. The third kappa shape index (κ3) is 5.73. The quantitative estimate of drug-likeness (QED) is 0.718. The molecule has 2 saturated heterocycles. The Labute approximate surface area is 193 Å². The molecule has 1 N–H and O–H groups in total. The van der Waals surface area contributed by atoms with Crippen molar-refractivity contribution in [3.63, 3.8) is 0 Å². The lowest BCUT2D eigenvalue weighted by Crippen LogP contribution is -2.45. The smallest absolute Gasteiger partial charge is 0.257 e. The van der Waals surface area contributed by atoms with Crippen LogP contribution in [0.25, 0.3) is 0 Å². The molecule has 0 atom stereocenters. The van der Waals surface area contributed by atoms with Crippen molar-refractivity contribution in [1.82, 2.24) is 9.80 Å². The molecule has 176 valence electrons. The molecule has 0 bridgehead atoms. The Morgan fingerprint density at radius 3 is 2.36 bits per heavy atom. The molecule has 0 saturated carbocycles. The van der Waals surface area contributed by atoms with E-state index in [1.807, 2.05) is 24.3 Å². The number of anilines is 2. The van der Waals surface area contributed by atoms with Gasteiger partial charge in [0.2, 0.25) is 11.8 Å². The molecule has 9 heteroatoms. The largest absolute Gasteiger partial charge is 0.472 e. The molecule has 2 aromatic rings. The van der Waals surface area contributed by atoms with E-state index in [9.17, 15) is 14.4 Å². The summed E-state index contributed by atoms with van der Waals surface area (Å²) < 4.78 is 10.4. The summed E-state index contributed by atoms with van der Waals surface area (Å²) in [7, 11) is 1.65. The Morgan fingerprint density at radius 2 is 1.73 bits per heavy atom. The average molecular weight is 455 g/mol. The number of hydrogen-bond donors (Lipinski definition) is 1. The van der Waals surface area contributed by atoms with Gasteiger partial charge in [-0.25, -0.2) is 0 Å². The Morgan fingerprint density at radius 1 is 1.03 bits per heavy atom. The molecule has 9 nitrogen and oxygen atoms in total. The minimum Gasteiger partial charge on any atom is -0.472 e. The fourth-order valence-corrected chi connectivity index (χ4v) is 4.28. The number of likely N-dealkylation sites (tertiary alicyclic amines) is 1. The van der Waals surface area contributed by atoms with Gasteiger partial charge in [0.25, 0.3) is 5.91 Å². The highest BCUT2D eigenvalue weighted by molar-refractivity contribution is 5.95. The van der Waals surface area contributed by atoms with Crippen molar-refractivity contribution in [3.8, 4) is 0 Å². The van der Waals surface area contributed by atoms with Gasteiger partial charge in [-0.1, -0.05) is 0 Å². The summed E-state index contributed by atoms with van der Waals surface area (Å²) in [6, 6.07) is 9.35. The highest BCUT2D eigenvalue weighted by Gasteiger charge is 2.30. The van der Waals surface area contributed by atoms with Gasteiger partial charge in [0.05, 0.1) is 31.6 Å². The monoisotopic (exact) mass is 454 g/mol. The number of hydrogen-bond acceptors (Lipinski definition) is 6. The van der Waals surface area contributed by atoms with Gasteiger partial charge in [-0.15, -0.1) is 0 Å². The van der Waals surface area contributed by atoms with Crippen LogP contribution < -0.4 is 10.2 Å². The van der Waals surface area contributed by atoms with Gasteiger partial charge in [-0.05, 0) is 43.2 Å². The van der Waals surface area contributed by atoms with Gasteiger partial charge in [0.1, 0.15) is 6.26 Å². The van der Waals surface area contributed by atoms with Crippen LogP contribution in [0.1, 0.15) is 23.2 Å². The van der Waals surface area contributed by atoms with Crippen LogP contribution in [0.2, 0.25) is 0 Å². The Bertz CT molecular complexity index is 946. The van der Waals surface area contributed by atoms with Gasteiger partial charge in [0, 0.05) is 50.5 Å². The first kappa shape index (κ1) is 22.8. The van der Waals surface area contributed by atoms with E-state index in [1.54, 1.807) is 18.0 Å². The van der Waals surface area contributed by atoms with Gasteiger partial charge in [0.15, 0.2) is 0 Å². The number of likely N-dealkylation sites (N-methyl/N-ethyl adjacent to an activating group) is 1. The molecule has 2 fully saturated rings. The summed E-state index contributed by atoms with van der Waals surface area (Å²) in [4.78, 5) is 43.2. The van der Waals surface area contributed by atoms with Crippen molar-refractivity contribution in [2.24, 2.45) is 5.92 Å². The second kappa shape index (κ2) is 10.5. The van der Waals surface area contributed by atoms with Gasteiger partial charge >= 0.3 is 0 Å². The zero-order valence-corrected chi connectivity index (χ0v) is 18.9. The predicted molar refractivity (Wildman–Crippen MR) is 123 cm³/mol. The Hall–Kier alpha value is -3.33. The second-order valence-corrected chi connectivity index (χ2v) is 8.47. The number of morpholine rings is 1. The number of furan rings is 1. The summed E-state index contributed by atoms with van der Waals surface area (Å²) >= 11 is 0.